The van der Waals surface area contributed by atoms with Crippen molar-refractivity contribution in [3.8, 4) is 0 Å². The van der Waals surface area contributed by atoms with Gasteiger partial charge < -0.3 is 0 Å². The molecule has 2 aromatic rings. The summed E-state index contributed by atoms with van der Waals surface area (Å²) in [6, 6.07) is 10.6. The summed E-state index contributed by atoms with van der Waals surface area (Å²) in [6.45, 7) is 0. The third-order valence-electron chi connectivity index (χ3n) is 3.02. The molecule has 3 nitrogen and oxygen atoms in total. The van der Waals surface area contributed by atoms with Crippen LogP contribution in [0.25, 0.3) is 10.8 Å². The highest BCUT2D eigenvalue weighted by Gasteiger charge is 2.28. The van der Waals surface area contributed by atoms with Crippen LogP contribution in [-0.4, -0.2) is 14.5 Å². The van der Waals surface area contributed by atoms with Crippen LogP contribution < -0.4 is 4.72 Å². The molecule has 1 fully saturated rings. The second kappa shape index (κ2) is 4.23. The van der Waals surface area contributed by atoms with E-state index in [2.05, 4.69) is 4.72 Å². The zero-order chi connectivity index (χ0) is 12.8. The monoisotopic (exact) mass is 281 g/mol. The summed E-state index contributed by atoms with van der Waals surface area (Å²) in [5, 5.41) is 1.99. The Morgan fingerprint density at radius 1 is 1.06 bits per heavy atom. The number of halogens is 1. The van der Waals surface area contributed by atoms with E-state index in [0.717, 1.165) is 18.2 Å². The second-order valence-corrected chi connectivity index (χ2v) is 6.58. The molecule has 0 spiro atoms. The molecular weight excluding hydrogens is 270 g/mol. The van der Waals surface area contributed by atoms with Crippen LogP contribution in [0.1, 0.15) is 12.8 Å². The first-order valence-electron chi connectivity index (χ1n) is 5.77. The van der Waals surface area contributed by atoms with Crippen molar-refractivity contribution in [1.82, 2.24) is 4.72 Å². The summed E-state index contributed by atoms with van der Waals surface area (Å²) in [5.41, 5.74) is 0. The Balaban J connectivity index is 2.20. The lowest BCUT2D eigenvalue weighted by Gasteiger charge is -2.09. The van der Waals surface area contributed by atoms with Gasteiger partial charge in [0, 0.05) is 21.8 Å². The molecule has 1 saturated carbocycles. The quantitative estimate of drug-likeness (QED) is 0.940. The van der Waals surface area contributed by atoms with E-state index in [-0.39, 0.29) is 6.04 Å². The molecule has 1 aliphatic carbocycles. The van der Waals surface area contributed by atoms with Gasteiger partial charge in [0.25, 0.3) is 0 Å². The van der Waals surface area contributed by atoms with Crippen LogP contribution in [0.3, 0.4) is 0 Å². The van der Waals surface area contributed by atoms with E-state index in [1.165, 1.54) is 0 Å². The molecule has 0 amide bonds. The molecule has 0 atom stereocenters. The summed E-state index contributed by atoms with van der Waals surface area (Å²) in [5.74, 6) is 0. The lowest BCUT2D eigenvalue weighted by atomic mass is 10.1. The van der Waals surface area contributed by atoms with E-state index >= 15 is 0 Å². The van der Waals surface area contributed by atoms with Crippen molar-refractivity contribution >= 4 is 32.4 Å². The Hall–Kier alpha value is -1.10. The topological polar surface area (TPSA) is 46.2 Å². The minimum Gasteiger partial charge on any atom is -0.208 e. The Kier molecular flexibility index (Phi) is 2.81. The van der Waals surface area contributed by atoms with Gasteiger partial charge in [-0.15, -0.1) is 0 Å². The molecule has 3 rings (SSSR count). The van der Waals surface area contributed by atoms with Gasteiger partial charge >= 0.3 is 0 Å². The molecule has 1 N–H and O–H groups in total. The average Bonchev–Trinajstić information content (AvgIpc) is 3.12. The molecule has 18 heavy (non-hydrogen) atoms. The average molecular weight is 282 g/mol. The number of hydrogen-bond acceptors (Lipinski definition) is 2. The fraction of sp³-hybridized carbons (Fsp3) is 0.231. The van der Waals surface area contributed by atoms with Crippen LogP contribution in [0.5, 0.6) is 0 Å². The standard InChI is InChI=1S/C13H12ClNO2S/c14-12-7-8-13(11-4-2-1-3-10(11)12)18(16,17)15-9-5-6-9/h1-4,7-9,15H,5-6H2. The van der Waals surface area contributed by atoms with E-state index in [9.17, 15) is 8.42 Å². The molecule has 0 unspecified atom stereocenters. The van der Waals surface area contributed by atoms with Crippen molar-refractivity contribution in [1.29, 1.82) is 0 Å². The molecule has 1 aliphatic rings. The molecule has 0 bridgehead atoms. The van der Waals surface area contributed by atoms with Crippen molar-refractivity contribution in [2.24, 2.45) is 0 Å². The molecule has 2 aromatic carbocycles. The fourth-order valence-corrected chi connectivity index (χ4v) is 3.70. The smallest absolute Gasteiger partial charge is 0.208 e. The number of fused-ring (bicyclic) bond motifs is 1. The van der Waals surface area contributed by atoms with Crippen LogP contribution in [0.4, 0.5) is 0 Å². The lowest BCUT2D eigenvalue weighted by Crippen LogP contribution is -2.25. The van der Waals surface area contributed by atoms with E-state index < -0.39 is 10.0 Å². The molecule has 5 heteroatoms. The molecular formula is C13H12ClNO2S. The summed E-state index contributed by atoms with van der Waals surface area (Å²) >= 11 is 6.08. The number of rotatable bonds is 3. The number of sulfonamides is 1. The molecule has 0 heterocycles. The summed E-state index contributed by atoms with van der Waals surface area (Å²) in [7, 11) is -3.45. The zero-order valence-corrected chi connectivity index (χ0v) is 11.1. The third kappa shape index (κ3) is 2.11. The first kappa shape index (κ1) is 12.0. The summed E-state index contributed by atoms with van der Waals surface area (Å²) < 4.78 is 27.2. The lowest BCUT2D eigenvalue weighted by molar-refractivity contribution is 0.582. The number of benzene rings is 2. The predicted molar refractivity (Wildman–Crippen MR) is 72.3 cm³/mol. The van der Waals surface area contributed by atoms with Gasteiger partial charge in [-0.1, -0.05) is 35.9 Å². The summed E-state index contributed by atoms with van der Waals surface area (Å²) in [6.07, 6.45) is 1.84. The largest absolute Gasteiger partial charge is 0.241 e. The highest BCUT2D eigenvalue weighted by molar-refractivity contribution is 7.89. The van der Waals surface area contributed by atoms with Gasteiger partial charge in [0.2, 0.25) is 10.0 Å². The van der Waals surface area contributed by atoms with Crippen molar-refractivity contribution in [3.05, 3.63) is 41.4 Å². The van der Waals surface area contributed by atoms with Crippen LogP contribution >= 0.6 is 11.6 Å². The van der Waals surface area contributed by atoms with E-state index in [1.807, 2.05) is 18.2 Å². The Labute approximate surface area is 111 Å². The Morgan fingerprint density at radius 3 is 2.39 bits per heavy atom. The van der Waals surface area contributed by atoms with Crippen LogP contribution in [0, 0.1) is 0 Å². The molecule has 0 aliphatic heterocycles. The second-order valence-electron chi connectivity index (χ2n) is 4.49. The minimum absolute atomic E-state index is 0.101. The number of hydrogen-bond donors (Lipinski definition) is 1. The van der Waals surface area contributed by atoms with Crippen LogP contribution in [-0.2, 0) is 10.0 Å². The van der Waals surface area contributed by atoms with Gasteiger partial charge in [0.15, 0.2) is 0 Å². The van der Waals surface area contributed by atoms with E-state index in [1.54, 1.807) is 18.2 Å². The van der Waals surface area contributed by atoms with Crippen LogP contribution in [0.15, 0.2) is 41.3 Å². The van der Waals surface area contributed by atoms with Gasteiger partial charge in [-0.25, -0.2) is 13.1 Å². The first-order chi connectivity index (χ1) is 8.58. The Morgan fingerprint density at radius 2 is 1.72 bits per heavy atom. The normalized spacial score (nSPS) is 16.1. The van der Waals surface area contributed by atoms with Crippen molar-refractivity contribution < 1.29 is 8.42 Å². The van der Waals surface area contributed by atoms with Gasteiger partial charge in [-0.2, -0.15) is 0 Å². The van der Waals surface area contributed by atoms with Gasteiger partial charge in [0.1, 0.15) is 0 Å². The molecule has 0 radical (unpaired) electrons. The van der Waals surface area contributed by atoms with E-state index in [4.69, 9.17) is 11.6 Å². The highest BCUT2D eigenvalue weighted by Crippen LogP contribution is 2.30. The van der Waals surface area contributed by atoms with Crippen molar-refractivity contribution in [2.75, 3.05) is 0 Å². The maximum atomic E-state index is 12.3. The maximum Gasteiger partial charge on any atom is 0.241 e. The van der Waals surface area contributed by atoms with Crippen molar-refractivity contribution in [2.45, 2.75) is 23.8 Å². The molecule has 94 valence electrons. The highest BCUT2D eigenvalue weighted by atomic mass is 35.5. The minimum atomic E-state index is -3.45. The zero-order valence-electron chi connectivity index (χ0n) is 9.56. The Bertz CT molecular complexity index is 708. The maximum absolute atomic E-state index is 12.3. The van der Waals surface area contributed by atoms with Gasteiger partial charge in [0.05, 0.1) is 4.90 Å². The predicted octanol–water partition coefficient (Wildman–Crippen LogP) is 2.93. The fourth-order valence-electron chi connectivity index (χ4n) is 1.95. The molecule has 0 saturated heterocycles. The van der Waals surface area contributed by atoms with Crippen molar-refractivity contribution in [3.63, 3.8) is 0 Å². The van der Waals surface area contributed by atoms with Gasteiger partial charge in [-0.3, -0.25) is 0 Å². The summed E-state index contributed by atoms with van der Waals surface area (Å²) in [4.78, 5) is 0.300. The van der Waals surface area contributed by atoms with Crippen LogP contribution in [0.2, 0.25) is 5.02 Å². The first-order valence-corrected chi connectivity index (χ1v) is 7.63. The SMILES string of the molecule is O=S(=O)(NC1CC1)c1ccc(Cl)c2ccccc12. The molecule has 0 aromatic heterocycles. The van der Waals surface area contributed by atoms with E-state index in [0.29, 0.717) is 15.3 Å². The van der Waals surface area contributed by atoms with Gasteiger partial charge in [-0.05, 0) is 25.0 Å². The third-order valence-corrected chi connectivity index (χ3v) is 4.93. The number of nitrogens with one attached hydrogen (secondary N) is 1.